The average molecular weight is 264 g/mol. The predicted molar refractivity (Wildman–Crippen MR) is 72.5 cm³/mol. The average Bonchev–Trinajstić information content (AvgIpc) is 2.80. The smallest absolute Gasteiger partial charge is 0.225 e. The van der Waals surface area contributed by atoms with Crippen LogP contribution < -0.4 is 14.8 Å². The fourth-order valence-electron chi connectivity index (χ4n) is 2.00. The van der Waals surface area contributed by atoms with E-state index in [0.717, 1.165) is 17.1 Å². The van der Waals surface area contributed by atoms with Crippen LogP contribution in [0.1, 0.15) is 18.0 Å². The topological polar surface area (TPSA) is 50.8 Å². The lowest BCUT2D eigenvalue weighted by atomic mass is 10.1. The van der Waals surface area contributed by atoms with Crippen LogP contribution >= 0.6 is 0 Å². The van der Waals surface area contributed by atoms with E-state index in [1.165, 1.54) is 0 Å². The molecule has 1 aliphatic heterocycles. The van der Waals surface area contributed by atoms with E-state index in [2.05, 4.69) is 5.32 Å². The van der Waals surface area contributed by atoms with Gasteiger partial charge >= 0.3 is 0 Å². The number of likely N-dealkylation sites (N-methyl/N-ethyl adjacent to an activating group) is 1. The van der Waals surface area contributed by atoms with Gasteiger partial charge in [-0.2, -0.15) is 0 Å². The SMILES string of the molecule is CNC1COc2cc(OCCC(=O)N(C)C)ccc21. The van der Waals surface area contributed by atoms with Crippen LogP contribution in [0.15, 0.2) is 18.2 Å². The molecular formula is C14H20N2O3. The van der Waals surface area contributed by atoms with Gasteiger partial charge in [-0.05, 0) is 19.2 Å². The fraction of sp³-hybridized carbons (Fsp3) is 0.500. The lowest BCUT2D eigenvalue weighted by molar-refractivity contribution is -0.129. The first-order chi connectivity index (χ1) is 9.11. The van der Waals surface area contributed by atoms with Crippen LogP contribution in [0.4, 0.5) is 0 Å². The summed E-state index contributed by atoms with van der Waals surface area (Å²) in [5, 5.41) is 3.19. The Balaban J connectivity index is 1.91. The zero-order valence-electron chi connectivity index (χ0n) is 11.6. The fourth-order valence-corrected chi connectivity index (χ4v) is 2.00. The molecule has 0 aliphatic carbocycles. The Kier molecular flexibility index (Phi) is 4.27. The number of nitrogens with one attached hydrogen (secondary N) is 1. The van der Waals surface area contributed by atoms with Gasteiger partial charge in [-0.25, -0.2) is 0 Å². The van der Waals surface area contributed by atoms with Crippen molar-refractivity contribution in [1.29, 1.82) is 0 Å². The predicted octanol–water partition coefficient (Wildman–Crippen LogP) is 1.20. The van der Waals surface area contributed by atoms with Gasteiger partial charge in [0.1, 0.15) is 18.1 Å². The van der Waals surface area contributed by atoms with Crippen LogP contribution in [0.5, 0.6) is 11.5 Å². The summed E-state index contributed by atoms with van der Waals surface area (Å²) in [5.74, 6) is 1.66. The summed E-state index contributed by atoms with van der Waals surface area (Å²) in [6, 6.07) is 6.05. The summed E-state index contributed by atoms with van der Waals surface area (Å²) in [6.07, 6.45) is 0.379. The molecule has 19 heavy (non-hydrogen) atoms. The van der Waals surface area contributed by atoms with Gasteiger partial charge in [-0.15, -0.1) is 0 Å². The molecule has 0 saturated carbocycles. The molecule has 0 fully saturated rings. The monoisotopic (exact) mass is 264 g/mol. The van der Waals surface area contributed by atoms with E-state index in [1.54, 1.807) is 19.0 Å². The van der Waals surface area contributed by atoms with Crippen LogP contribution in [0, 0.1) is 0 Å². The van der Waals surface area contributed by atoms with Crippen molar-refractivity contribution in [3.05, 3.63) is 23.8 Å². The quantitative estimate of drug-likeness (QED) is 0.868. The summed E-state index contributed by atoms with van der Waals surface area (Å²) in [4.78, 5) is 13.0. The maximum absolute atomic E-state index is 11.4. The summed E-state index contributed by atoms with van der Waals surface area (Å²) < 4.78 is 11.2. The van der Waals surface area contributed by atoms with Gasteiger partial charge < -0.3 is 19.7 Å². The Hall–Kier alpha value is -1.75. The Morgan fingerprint density at radius 3 is 3.00 bits per heavy atom. The van der Waals surface area contributed by atoms with Crippen molar-refractivity contribution in [3.63, 3.8) is 0 Å². The summed E-state index contributed by atoms with van der Waals surface area (Å²) >= 11 is 0. The number of ether oxygens (including phenoxy) is 2. The Bertz CT molecular complexity index is 460. The van der Waals surface area contributed by atoms with Gasteiger partial charge in [0.05, 0.1) is 19.1 Å². The molecule has 5 nitrogen and oxygen atoms in total. The summed E-state index contributed by atoms with van der Waals surface area (Å²) in [7, 11) is 5.40. The molecule has 1 aromatic rings. The highest BCUT2D eigenvalue weighted by atomic mass is 16.5. The Morgan fingerprint density at radius 1 is 1.53 bits per heavy atom. The van der Waals surface area contributed by atoms with E-state index in [9.17, 15) is 4.79 Å². The van der Waals surface area contributed by atoms with Gasteiger partial charge in [-0.1, -0.05) is 0 Å². The minimum atomic E-state index is 0.0626. The third-order valence-corrected chi connectivity index (χ3v) is 3.20. The van der Waals surface area contributed by atoms with Crippen molar-refractivity contribution < 1.29 is 14.3 Å². The third kappa shape index (κ3) is 3.17. The molecule has 1 unspecified atom stereocenters. The number of amides is 1. The van der Waals surface area contributed by atoms with Crippen LogP contribution in [0.25, 0.3) is 0 Å². The highest BCUT2D eigenvalue weighted by molar-refractivity contribution is 5.75. The molecule has 1 aliphatic rings. The standard InChI is InChI=1S/C14H20N2O3/c1-15-12-9-19-13-8-10(4-5-11(12)13)18-7-6-14(17)16(2)3/h4-5,8,12,15H,6-7,9H2,1-3H3. The first kappa shape index (κ1) is 13.7. The summed E-state index contributed by atoms with van der Waals surface area (Å²) in [6.45, 7) is 1.03. The van der Waals surface area contributed by atoms with Crippen molar-refractivity contribution in [2.45, 2.75) is 12.5 Å². The molecule has 1 amide bonds. The van der Waals surface area contributed by atoms with Gasteiger partial charge in [0.2, 0.25) is 5.91 Å². The number of carbonyl (C=O) groups excluding carboxylic acids is 1. The lowest BCUT2D eigenvalue weighted by Gasteiger charge is -2.11. The van der Waals surface area contributed by atoms with Crippen molar-refractivity contribution in [3.8, 4) is 11.5 Å². The molecule has 1 heterocycles. The van der Waals surface area contributed by atoms with E-state index in [1.807, 2.05) is 25.2 Å². The minimum Gasteiger partial charge on any atom is -0.493 e. The second-order valence-corrected chi connectivity index (χ2v) is 4.74. The highest BCUT2D eigenvalue weighted by Gasteiger charge is 2.22. The van der Waals surface area contributed by atoms with Crippen molar-refractivity contribution in [1.82, 2.24) is 10.2 Å². The Labute approximate surface area is 113 Å². The molecule has 0 saturated heterocycles. The molecule has 5 heteroatoms. The molecule has 0 spiro atoms. The van der Waals surface area contributed by atoms with E-state index in [0.29, 0.717) is 19.6 Å². The van der Waals surface area contributed by atoms with Gasteiger partial charge in [0.25, 0.3) is 0 Å². The van der Waals surface area contributed by atoms with Gasteiger partial charge in [0, 0.05) is 25.7 Å². The van der Waals surface area contributed by atoms with Gasteiger partial charge in [0.15, 0.2) is 0 Å². The number of hydrogen-bond acceptors (Lipinski definition) is 4. The first-order valence-corrected chi connectivity index (χ1v) is 6.38. The summed E-state index contributed by atoms with van der Waals surface area (Å²) in [5.41, 5.74) is 1.15. The molecule has 0 radical (unpaired) electrons. The van der Waals surface area contributed by atoms with E-state index >= 15 is 0 Å². The number of carbonyl (C=O) groups is 1. The zero-order chi connectivity index (χ0) is 13.8. The largest absolute Gasteiger partial charge is 0.493 e. The minimum absolute atomic E-state index is 0.0626. The van der Waals surface area contributed by atoms with Crippen LogP contribution in [-0.4, -0.2) is 45.2 Å². The number of fused-ring (bicyclic) bond motifs is 1. The number of hydrogen-bond donors (Lipinski definition) is 1. The third-order valence-electron chi connectivity index (χ3n) is 3.20. The second kappa shape index (κ2) is 5.93. The molecule has 0 bridgehead atoms. The molecule has 104 valence electrons. The van der Waals surface area contributed by atoms with Crippen LogP contribution in [-0.2, 0) is 4.79 Å². The van der Waals surface area contributed by atoms with Crippen molar-refractivity contribution in [2.24, 2.45) is 0 Å². The van der Waals surface area contributed by atoms with Gasteiger partial charge in [-0.3, -0.25) is 4.79 Å². The number of benzene rings is 1. The van der Waals surface area contributed by atoms with Crippen LogP contribution in [0.3, 0.4) is 0 Å². The maximum atomic E-state index is 11.4. The van der Waals surface area contributed by atoms with E-state index < -0.39 is 0 Å². The van der Waals surface area contributed by atoms with E-state index in [-0.39, 0.29) is 11.9 Å². The van der Waals surface area contributed by atoms with Crippen molar-refractivity contribution >= 4 is 5.91 Å². The van der Waals surface area contributed by atoms with E-state index in [4.69, 9.17) is 9.47 Å². The zero-order valence-corrected chi connectivity index (χ0v) is 11.6. The molecule has 0 aromatic heterocycles. The molecule has 1 N–H and O–H groups in total. The lowest BCUT2D eigenvalue weighted by Crippen LogP contribution is -2.23. The second-order valence-electron chi connectivity index (χ2n) is 4.74. The number of nitrogens with zero attached hydrogens (tertiary/aromatic N) is 1. The Morgan fingerprint density at radius 2 is 2.32 bits per heavy atom. The number of rotatable bonds is 5. The molecule has 2 rings (SSSR count). The molecular weight excluding hydrogens is 244 g/mol. The highest BCUT2D eigenvalue weighted by Crippen LogP contribution is 2.34. The first-order valence-electron chi connectivity index (χ1n) is 6.38. The van der Waals surface area contributed by atoms with Crippen molar-refractivity contribution in [2.75, 3.05) is 34.4 Å². The molecule has 1 aromatic carbocycles. The molecule has 1 atom stereocenters. The normalized spacial score (nSPS) is 16.7. The van der Waals surface area contributed by atoms with Crippen LogP contribution in [0.2, 0.25) is 0 Å². The maximum Gasteiger partial charge on any atom is 0.225 e.